The van der Waals surface area contributed by atoms with Gasteiger partial charge in [-0.3, -0.25) is 4.79 Å². The summed E-state index contributed by atoms with van der Waals surface area (Å²) in [4.78, 5) is 14.4. The first-order chi connectivity index (χ1) is 8.97. The van der Waals surface area contributed by atoms with Gasteiger partial charge in [-0.25, -0.2) is 4.98 Å². The summed E-state index contributed by atoms with van der Waals surface area (Å²) in [6.07, 6.45) is -0.393. The largest absolute Gasteiger partial charge is 0.481 e. The smallest absolute Gasteiger partial charge is 0.309 e. The van der Waals surface area contributed by atoms with Crippen molar-refractivity contribution in [2.24, 2.45) is 0 Å². The highest BCUT2D eigenvalue weighted by molar-refractivity contribution is 6.35. The van der Waals surface area contributed by atoms with Crippen molar-refractivity contribution in [1.82, 2.24) is 4.98 Å². The highest BCUT2D eigenvalue weighted by Crippen LogP contribution is 2.32. The van der Waals surface area contributed by atoms with Crippen LogP contribution in [-0.4, -0.2) is 16.1 Å². The number of hydrogen-bond acceptors (Lipinski definition) is 2. The van der Waals surface area contributed by atoms with Gasteiger partial charge in [0.1, 0.15) is 0 Å². The van der Waals surface area contributed by atoms with E-state index >= 15 is 0 Å². The Morgan fingerprint density at radius 1 is 1.21 bits per heavy atom. The van der Waals surface area contributed by atoms with E-state index in [0.29, 0.717) is 21.2 Å². The van der Waals surface area contributed by atoms with Gasteiger partial charge in [-0.05, 0) is 30.3 Å². The van der Waals surface area contributed by atoms with Crippen molar-refractivity contribution in [2.45, 2.75) is 6.42 Å². The molecule has 2 rings (SSSR count). The van der Waals surface area contributed by atoms with Crippen LogP contribution in [0.15, 0.2) is 30.3 Å². The van der Waals surface area contributed by atoms with Crippen molar-refractivity contribution < 1.29 is 14.3 Å². The van der Waals surface area contributed by atoms with Gasteiger partial charge >= 0.3 is 5.97 Å². The lowest BCUT2D eigenvalue weighted by Gasteiger charge is -2.09. The SMILES string of the molecule is O=C(O)Cc1nc(F)ccc1-c1cc(Cl)ccc1Cl. The summed E-state index contributed by atoms with van der Waals surface area (Å²) in [6, 6.07) is 7.38. The second kappa shape index (κ2) is 5.55. The summed E-state index contributed by atoms with van der Waals surface area (Å²) >= 11 is 11.9. The molecule has 1 heterocycles. The van der Waals surface area contributed by atoms with E-state index in [1.54, 1.807) is 18.2 Å². The van der Waals surface area contributed by atoms with Crippen molar-refractivity contribution >= 4 is 29.2 Å². The number of aliphatic carboxylic acids is 1. The predicted molar refractivity (Wildman–Crippen MR) is 71.0 cm³/mol. The van der Waals surface area contributed by atoms with Crippen molar-refractivity contribution in [3.63, 3.8) is 0 Å². The molecule has 1 aromatic carbocycles. The molecule has 98 valence electrons. The molecule has 0 amide bonds. The van der Waals surface area contributed by atoms with Crippen molar-refractivity contribution in [2.75, 3.05) is 0 Å². The fourth-order valence-electron chi connectivity index (χ4n) is 1.70. The Morgan fingerprint density at radius 3 is 2.63 bits per heavy atom. The van der Waals surface area contributed by atoms with Crippen LogP contribution in [0.5, 0.6) is 0 Å². The van der Waals surface area contributed by atoms with E-state index in [1.807, 2.05) is 0 Å². The molecular weight excluding hydrogens is 292 g/mol. The first-order valence-electron chi connectivity index (χ1n) is 5.30. The molecule has 0 unspecified atom stereocenters. The van der Waals surface area contributed by atoms with Gasteiger partial charge in [-0.2, -0.15) is 4.39 Å². The third kappa shape index (κ3) is 3.22. The normalized spacial score (nSPS) is 10.5. The average Bonchev–Trinajstić information content (AvgIpc) is 2.32. The summed E-state index contributed by atoms with van der Waals surface area (Å²) in [6.45, 7) is 0. The number of pyridine rings is 1. The number of carboxylic acids is 1. The molecule has 0 bridgehead atoms. The Labute approximate surface area is 118 Å². The van der Waals surface area contributed by atoms with Gasteiger partial charge in [0.2, 0.25) is 5.95 Å². The molecule has 2 aromatic rings. The average molecular weight is 300 g/mol. The van der Waals surface area contributed by atoms with E-state index in [0.717, 1.165) is 6.07 Å². The molecule has 0 aliphatic heterocycles. The van der Waals surface area contributed by atoms with Crippen LogP contribution in [0, 0.1) is 5.95 Å². The van der Waals surface area contributed by atoms with Gasteiger partial charge in [-0.1, -0.05) is 23.2 Å². The monoisotopic (exact) mass is 299 g/mol. The molecule has 0 saturated carbocycles. The summed E-state index contributed by atoms with van der Waals surface area (Å²) < 4.78 is 13.1. The Morgan fingerprint density at radius 2 is 1.95 bits per heavy atom. The zero-order valence-corrected chi connectivity index (χ0v) is 11.0. The summed E-state index contributed by atoms with van der Waals surface area (Å²) in [5, 5.41) is 9.67. The van der Waals surface area contributed by atoms with Crippen LogP contribution in [0.1, 0.15) is 5.69 Å². The number of benzene rings is 1. The third-order valence-electron chi connectivity index (χ3n) is 2.48. The summed E-state index contributed by atoms with van der Waals surface area (Å²) in [5.41, 5.74) is 1.09. The van der Waals surface area contributed by atoms with Crippen LogP contribution in [0.2, 0.25) is 10.0 Å². The molecule has 1 N–H and O–H groups in total. The molecule has 6 heteroatoms. The van der Waals surface area contributed by atoms with E-state index in [9.17, 15) is 9.18 Å². The predicted octanol–water partition coefficient (Wildman–Crippen LogP) is 3.82. The maximum absolute atomic E-state index is 13.1. The van der Waals surface area contributed by atoms with E-state index in [1.165, 1.54) is 6.07 Å². The van der Waals surface area contributed by atoms with Gasteiger partial charge in [0.15, 0.2) is 0 Å². The topological polar surface area (TPSA) is 50.2 Å². The van der Waals surface area contributed by atoms with Gasteiger partial charge in [0.05, 0.1) is 12.1 Å². The van der Waals surface area contributed by atoms with Crippen LogP contribution in [0.4, 0.5) is 4.39 Å². The Hall–Kier alpha value is -1.65. The van der Waals surface area contributed by atoms with E-state index in [-0.39, 0.29) is 5.69 Å². The molecule has 3 nitrogen and oxygen atoms in total. The highest BCUT2D eigenvalue weighted by atomic mass is 35.5. The van der Waals surface area contributed by atoms with Gasteiger partial charge in [0.25, 0.3) is 0 Å². The maximum atomic E-state index is 13.1. The van der Waals surface area contributed by atoms with E-state index in [4.69, 9.17) is 28.3 Å². The third-order valence-corrected chi connectivity index (χ3v) is 3.04. The number of carboxylic acid groups (broad SMARTS) is 1. The lowest BCUT2D eigenvalue weighted by molar-refractivity contribution is -0.136. The molecule has 1 aromatic heterocycles. The number of carbonyl (C=O) groups is 1. The molecule has 19 heavy (non-hydrogen) atoms. The Bertz CT molecular complexity index is 647. The first-order valence-corrected chi connectivity index (χ1v) is 6.05. The van der Waals surface area contributed by atoms with Gasteiger partial charge in [0, 0.05) is 21.2 Å². The zero-order valence-electron chi connectivity index (χ0n) is 9.53. The minimum atomic E-state index is -1.10. The van der Waals surface area contributed by atoms with Crippen molar-refractivity contribution in [3.05, 3.63) is 52.0 Å². The fraction of sp³-hybridized carbons (Fsp3) is 0.0769. The van der Waals surface area contributed by atoms with E-state index in [2.05, 4.69) is 4.98 Å². The zero-order chi connectivity index (χ0) is 14.0. The van der Waals surface area contributed by atoms with Crippen LogP contribution >= 0.6 is 23.2 Å². The molecule has 0 aliphatic carbocycles. The summed E-state index contributed by atoms with van der Waals surface area (Å²) in [5.74, 6) is -1.84. The quantitative estimate of drug-likeness (QED) is 0.877. The number of rotatable bonds is 3. The summed E-state index contributed by atoms with van der Waals surface area (Å²) in [7, 11) is 0. The molecule has 0 atom stereocenters. The minimum Gasteiger partial charge on any atom is -0.481 e. The van der Waals surface area contributed by atoms with Crippen LogP contribution in [-0.2, 0) is 11.2 Å². The molecule has 0 fully saturated rings. The molecule has 0 spiro atoms. The van der Waals surface area contributed by atoms with Crippen LogP contribution in [0.25, 0.3) is 11.1 Å². The number of nitrogens with zero attached hydrogens (tertiary/aromatic N) is 1. The van der Waals surface area contributed by atoms with Crippen LogP contribution in [0.3, 0.4) is 0 Å². The Balaban J connectivity index is 2.60. The van der Waals surface area contributed by atoms with Crippen molar-refractivity contribution in [3.8, 4) is 11.1 Å². The molecule has 0 radical (unpaired) electrons. The van der Waals surface area contributed by atoms with Gasteiger partial charge < -0.3 is 5.11 Å². The standard InChI is InChI=1S/C13H8Cl2FNO2/c14-7-1-3-10(15)9(5-7)8-2-4-12(16)17-11(8)6-13(18)19/h1-5H,6H2,(H,18,19). The minimum absolute atomic E-state index is 0.108. The molecular formula is C13H8Cl2FNO2. The Kier molecular flexibility index (Phi) is 4.02. The number of aromatic nitrogens is 1. The fourth-order valence-corrected chi connectivity index (χ4v) is 2.09. The maximum Gasteiger partial charge on any atom is 0.309 e. The molecule has 0 saturated heterocycles. The lowest BCUT2D eigenvalue weighted by atomic mass is 10.0. The van der Waals surface area contributed by atoms with E-state index < -0.39 is 18.3 Å². The second-order valence-corrected chi connectivity index (χ2v) is 4.67. The van der Waals surface area contributed by atoms with Crippen molar-refractivity contribution in [1.29, 1.82) is 0 Å². The molecule has 0 aliphatic rings. The first kappa shape index (κ1) is 13.8. The van der Waals surface area contributed by atoms with Crippen LogP contribution < -0.4 is 0 Å². The lowest BCUT2D eigenvalue weighted by Crippen LogP contribution is -2.05. The second-order valence-electron chi connectivity index (χ2n) is 3.82. The van der Waals surface area contributed by atoms with Gasteiger partial charge in [-0.15, -0.1) is 0 Å². The number of hydrogen-bond donors (Lipinski definition) is 1. The highest BCUT2D eigenvalue weighted by Gasteiger charge is 2.14. The number of halogens is 3.